The van der Waals surface area contributed by atoms with E-state index in [-0.39, 0.29) is 46.5 Å². The van der Waals surface area contributed by atoms with Crippen LogP contribution in [0.25, 0.3) is 21.5 Å². The minimum atomic E-state index is -3.80. The molecule has 2 saturated carbocycles. The number of hydrogen-bond donors (Lipinski definition) is 4. The van der Waals surface area contributed by atoms with E-state index in [0.717, 1.165) is 110 Å². The normalized spacial score (nSPS) is 21.7. The molecule has 6 aliphatic rings. The van der Waals surface area contributed by atoms with Gasteiger partial charge in [0.15, 0.2) is 19.7 Å². The van der Waals surface area contributed by atoms with Crippen LogP contribution in [0, 0.1) is 0 Å². The van der Waals surface area contributed by atoms with Crippen LogP contribution in [0.2, 0.25) is 0 Å². The van der Waals surface area contributed by atoms with Crippen molar-refractivity contribution >= 4 is 53.0 Å². The topological polar surface area (TPSA) is 173 Å². The number of benzene rings is 6. The maximum absolute atomic E-state index is 13.6. The Morgan fingerprint density at radius 1 is 0.487 bits per heavy atom. The third-order valence-electron chi connectivity index (χ3n) is 18.0. The lowest BCUT2D eigenvalue weighted by Gasteiger charge is -2.30. The number of fused-ring (bicyclic) bond motifs is 4. The summed E-state index contributed by atoms with van der Waals surface area (Å²) in [6.45, 7) is 6.60. The van der Waals surface area contributed by atoms with Crippen LogP contribution in [0.1, 0.15) is 148 Å². The summed E-state index contributed by atoms with van der Waals surface area (Å²) < 4.78 is 51.9. The molecule has 2 amide bonds. The summed E-state index contributed by atoms with van der Waals surface area (Å²) in [4.78, 5) is 31.7. The number of carbonyl (C=O) groups excluding carboxylic acids is 2. The van der Waals surface area contributed by atoms with Crippen LogP contribution in [0.5, 0.6) is 0 Å². The van der Waals surface area contributed by atoms with E-state index >= 15 is 0 Å². The quantitative estimate of drug-likeness (QED) is 0.0731. The Balaban J connectivity index is 0.000000165. The molecule has 6 aromatic rings. The summed E-state index contributed by atoms with van der Waals surface area (Å²) >= 11 is 0. The Kier molecular flexibility index (Phi) is 16.0. The van der Waals surface area contributed by atoms with Crippen molar-refractivity contribution in [1.29, 1.82) is 0 Å². The smallest absolute Gasteiger partial charge is 0.223 e. The minimum Gasteiger partial charge on any atom is -0.391 e. The Hall–Kier alpha value is -5.48. The number of likely N-dealkylation sites (tertiary alicyclic amines) is 2. The number of aliphatic hydroxyl groups excluding tert-OH is 2. The molecular formula is C64H76N4O8S2. The van der Waals surface area contributed by atoms with Crippen LogP contribution in [0.3, 0.4) is 0 Å². The van der Waals surface area contributed by atoms with Gasteiger partial charge in [-0.25, -0.2) is 16.8 Å². The van der Waals surface area contributed by atoms with Gasteiger partial charge in [-0.3, -0.25) is 19.4 Å². The average molecular weight is 1090 g/mol. The van der Waals surface area contributed by atoms with Crippen LogP contribution >= 0.6 is 0 Å². The number of sulfone groups is 2. The van der Waals surface area contributed by atoms with E-state index in [1.165, 1.54) is 60.8 Å². The lowest BCUT2D eigenvalue weighted by molar-refractivity contribution is -0.124. The molecule has 0 bridgehead atoms. The highest BCUT2D eigenvalue weighted by molar-refractivity contribution is 7.93. The molecule has 78 heavy (non-hydrogen) atoms. The van der Waals surface area contributed by atoms with Gasteiger partial charge in [0.25, 0.3) is 0 Å². The zero-order valence-electron chi connectivity index (χ0n) is 44.9. The molecule has 4 fully saturated rings. The van der Waals surface area contributed by atoms with Crippen molar-refractivity contribution in [1.82, 2.24) is 20.4 Å². The standard InChI is InChI=1S/2C32H38N2O4S/c2*35-30(32(15-16-32)39(37,38)27-13-12-24-7-2-3-8-25(24)20-27)21-31(36)33-29-10-6-9-26-19-23(11-14-28(26)29)22-34-17-4-1-5-18-34/h2*2-3,7-8,11-14,19-20,29-30,35H,1,4-6,9-10,15-18,21-22H2,(H,33,36)/t29-,30+;29-,30-/m11/s1. The predicted molar refractivity (Wildman–Crippen MR) is 306 cm³/mol. The van der Waals surface area contributed by atoms with E-state index in [4.69, 9.17) is 0 Å². The largest absolute Gasteiger partial charge is 0.391 e. The van der Waals surface area contributed by atoms with Gasteiger partial charge in [0.2, 0.25) is 11.8 Å². The fourth-order valence-corrected chi connectivity index (χ4v) is 17.3. The average Bonchev–Trinajstić information content (AvgIpc) is 4.48. The molecule has 0 radical (unpaired) electrons. The summed E-state index contributed by atoms with van der Waals surface area (Å²) in [6.07, 6.45) is 12.0. The third kappa shape index (κ3) is 11.5. The first-order valence-corrected chi connectivity index (χ1v) is 31.8. The molecule has 2 saturated heterocycles. The van der Waals surface area contributed by atoms with Crippen LogP contribution in [0.4, 0.5) is 0 Å². The number of nitrogens with zero attached hydrogens (tertiary/aromatic N) is 2. The fraction of sp³-hybridized carbons (Fsp3) is 0.469. The van der Waals surface area contributed by atoms with Crippen LogP contribution in [0.15, 0.2) is 131 Å². The molecule has 0 aromatic heterocycles. The SMILES string of the molecule is O=C(C[C@@H](O)C1(S(=O)(=O)c2ccc3ccccc3c2)CC1)N[C@@H]1CCCc2cc(CN3CCCCC3)ccc21.O=C(C[C@H](O)C1(S(=O)(=O)c2ccc3ccccc3c2)CC1)N[C@@H]1CCCc2cc(CN3CCCCC3)ccc21. The number of nitrogens with one attached hydrogen (secondary N) is 2. The van der Waals surface area contributed by atoms with Gasteiger partial charge >= 0.3 is 0 Å². The zero-order valence-corrected chi connectivity index (χ0v) is 46.5. The van der Waals surface area contributed by atoms with Crippen molar-refractivity contribution in [3.05, 3.63) is 155 Å². The zero-order chi connectivity index (χ0) is 54.1. The summed E-state index contributed by atoms with van der Waals surface area (Å²) in [5, 5.41) is 32.0. The Bertz CT molecular complexity index is 3170. The number of aryl methyl sites for hydroxylation is 2. The number of aliphatic hydroxyl groups is 2. The first-order chi connectivity index (χ1) is 37.7. The van der Waals surface area contributed by atoms with Gasteiger partial charge in [-0.15, -0.1) is 0 Å². The van der Waals surface area contributed by atoms with Gasteiger partial charge in [-0.05, 0) is 195 Å². The van der Waals surface area contributed by atoms with Crippen molar-refractivity contribution in [2.75, 3.05) is 26.2 Å². The monoisotopic (exact) mass is 1090 g/mol. The second kappa shape index (κ2) is 22.9. The molecule has 12 rings (SSSR count). The molecule has 2 aliphatic heterocycles. The van der Waals surface area contributed by atoms with Gasteiger partial charge in [-0.2, -0.15) is 0 Å². The molecular weight excluding hydrogens is 1020 g/mol. The second-order valence-electron chi connectivity index (χ2n) is 23.4. The van der Waals surface area contributed by atoms with Crippen molar-refractivity contribution in [3.8, 4) is 0 Å². The van der Waals surface area contributed by atoms with Gasteiger partial charge in [0.1, 0.15) is 9.49 Å². The molecule has 4 aliphatic carbocycles. The van der Waals surface area contributed by atoms with Crippen LogP contribution in [-0.2, 0) is 55.2 Å². The number of hydrogen-bond acceptors (Lipinski definition) is 10. The van der Waals surface area contributed by atoms with E-state index in [1.807, 2.05) is 48.5 Å². The molecule has 12 nitrogen and oxygen atoms in total. The first kappa shape index (κ1) is 54.5. The molecule has 14 heteroatoms. The summed E-state index contributed by atoms with van der Waals surface area (Å²) in [5.41, 5.74) is 7.53. The van der Waals surface area contributed by atoms with Crippen LogP contribution in [-0.4, -0.2) is 96.5 Å². The van der Waals surface area contributed by atoms with E-state index in [9.17, 15) is 36.6 Å². The summed E-state index contributed by atoms with van der Waals surface area (Å²) in [7, 11) is -7.59. The molecule has 4 N–H and O–H groups in total. The lowest BCUT2D eigenvalue weighted by atomic mass is 9.86. The molecule has 0 spiro atoms. The molecule has 412 valence electrons. The summed E-state index contributed by atoms with van der Waals surface area (Å²) in [5.74, 6) is -0.588. The fourth-order valence-electron chi connectivity index (χ4n) is 13.2. The highest BCUT2D eigenvalue weighted by Gasteiger charge is 2.61. The van der Waals surface area contributed by atoms with Gasteiger partial charge in [-0.1, -0.05) is 110 Å². The van der Waals surface area contributed by atoms with E-state index in [0.29, 0.717) is 25.7 Å². The number of carbonyl (C=O) groups is 2. The van der Waals surface area contributed by atoms with Crippen molar-refractivity contribution in [2.45, 2.75) is 172 Å². The van der Waals surface area contributed by atoms with Gasteiger partial charge in [0, 0.05) is 13.1 Å². The highest BCUT2D eigenvalue weighted by atomic mass is 32.2. The molecule has 6 aromatic carbocycles. The Morgan fingerprint density at radius 3 is 1.26 bits per heavy atom. The maximum Gasteiger partial charge on any atom is 0.223 e. The maximum atomic E-state index is 13.6. The third-order valence-corrected chi connectivity index (χ3v) is 23.3. The number of piperidine rings is 2. The minimum absolute atomic E-state index is 0.107. The molecule has 2 heterocycles. The molecule has 0 unspecified atom stereocenters. The van der Waals surface area contributed by atoms with Crippen molar-refractivity contribution in [3.63, 3.8) is 0 Å². The van der Waals surface area contributed by atoms with Crippen LogP contribution < -0.4 is 10.6 Å². The van der Waals surface area contributed by atoms with Crippen molar-refractivity contribution < 1.29 is 36.6 Å². The Morgan fingerprint density at radius 2 is 0.872 bits per heavy atom. The highest BCUT2D eigenvalue weighted by Crippen LogP contribution is 2.52. The van der Waals surface area contributed by atoms with E-state index < -0.39 is 41.4 Å². The van der Waals surface area contributed by atoms with E-state index in [1.54, 1.807) is 36.4 Å². The molecule has 4 atom stereocenters. The van der Waals surface area contributed by atoms with Gasteiger partial charge < -0.3 is 20.8 Å². The van der Waals surface area contributed by atoms with Crippen molar-refractivity contribution in [2.24, 2.45) is 0 Å². The second-order valence-corrected chi connectivity index (χ2v) is 27.9. The summed E-state index contributed by atoms with van der Waals surface area (Å²) in [6, 6.07) is 38.5. The Labute approximate surface area is 460 Å². The number of rotatable bonds is 16. The first-order valence-electron chi connectivity index (χ1n) is 28.8. The predicted octanol–water partition coefficient (Wildman–Crippen LogP) is 10.2. The number of amides is 2. The van der Waals surface area contributed by atoms with E-state index in [2.05, 4.69) is 56.8 Å². The lowest BCUT2D eigenvalue weighted by Crippen LogP contribution is -2.41. The van der Waals surface area contributed by atoms with Gasteiger partial charge in [0.05, 0.1) is 46.9 Å².